The van der Waals surface area contributed by atoms with Crippen LogP contribution in [0.3, 0.4) is 0 Å². The van der Waals surface area contributed by atoms with E-state index in [1.165, 1.54) is 12.8 Å². The van der Waals surface area contributed by atoms with Gasteiger partial charge in [-0.1, -0.05) is 0 Å². The Labute approximate surface area is 62.6 Å². The van der Waals surface area contributed by atoms with Gasteiger partial charge in [-0.15, -0.1) is 0 Å². The van der Waals surface area contributed by atoms with Crippen molar-refractivity contribution in [1.29, 1.82) is 0 Å². The first-order chi connectivity index (χ1) is 4.81. The molecule has 10 heavy (non-hydrogen) atoms. The lowest BCUT2D eigenvalue weighted by molar-refractivity contribution is 0.568. The average molecular weight is 157 g/mol. The van der Waals surface area contributed by atoms with Gasteiger partial charge in [-0.05, 0) is 32.1 Å². The van der Waals surface area contributed by atoms with Gasteiger partial charge in [-0.25, -0.2) is 0 Å². The molecule has 1 saturated heterocycles. The average Bonchev–Trinajstić information content (AvgIpc) is 2.69. The van der Waals surface area contributed by atoms with Crippen molar-refractivity contribution >= 4 is 7.14 Å². The van der Waals surface area contributed by atoms with Crippen molar-refractivity contribution in [3.8, 4) is 0 Å². The Hall–Kier alpha value is 0.230. The molecule has 0 aromatic rings. The molecule has 0 bridgehead atoms. The summed E-state index contributed by atoms with van der Waals surface area (Å²) in [5, 5.41) is 0. The van der Waals surface area contributed by atoms with E-state index in [9.17, 15) is 4.57 Å². The van der Waals surface area contributed by atoms with Gasteiger partial charge < -0.3 is 4.57 Å². The molecule has 2 heteroatoms. The fourth-order valence-corrected chi connectivity index (χ4v) is 5.07. The van der Waals surface area contributed by atoms with Crippen LogP contribution in [0.5, 0.6) is 0 Å². The predicted octanol–water partition coefficient (Wildman–Crippen LogP) is 2.51. The molecule has 1 radical (unpaired) electrons. The van der Waals surface area contributed by atoms with Crippen molar-refractivity contribution in [1.82, 2.24) is 0 Å². The van der Waals surface area contributed by atoms with Crippen molar-refractivity contribution in [2.24, 2.45) is 0 Å². The van der Waals surface area contributed by atoms with E-state index < -0.39 is 7.14 Å². The fraction of sp³-hybridized carbons (Fsp3) is 0.875. The quantitative estimate of drug-likeness (QED) is 0.534. The van der Waals surface area contributed by atoms with Crippen molar-refractivity contribution in [2.45, 2.75) is 31.3 Å². The highest BCUT2D eigenvalue weighted by molar-refractivity contribution is 7.65. The summed E-state index contributed by atoms with van der Waals surface area (Å²) in [5.41, 5.74) is 0.668. The van der Waals surface area contributed by atoms with Crippen LogP contribution in [0, 0.1) is 6.42 Å². The minimum Gasteiger partial charge on any atom is -0.323 e. The number of rotatable bonds is 1. The lowest BCUT2D eigenvalue weighted by Gasteiger charge is -2.21. The Bertz CT molecular complexity index is 162. The van der Waals surface area contributed by atoms with Gasteiger partial charge in [0, 0.05) is 18.0 Å². The Balaban J connectivity index is 2.04. The molecule has 0 unspecified atom stereocenters. The lowest BCUT2D eigenvalue weighted by Crippen LogP contribution is -2.06. The largest absolute Gasteiger partial charge is 0.323 e. The molecule has 57 valence electrons. The summed E-state index contributed by atoms with van der Waals surface area (Å²) in [6.45, 7) is 0. The Morgan fingerprint density at radius 1 is 1.20 bits per heavy atom. The molecule has 1 nitrogen and oxygen atoms in total. The summed E-state index contributed by atoms with van der Waals surface area (Å²) in [6.07, 6.45) is 9.10. The Morgan fingerprint density at radius 2 is 1.80 bits per heavy atom. The Morgan fingerprint density at radius 3 is 2.30 bits per heavy atom. The molecule has 1 heterocycles. The normalized spacial score (nSPS) is 32.0. The zero-order chi connectivity index (χ0) is 7.03. The molecule has 0 spiro atoms. The highest BCUT2D eigenvalue weighted by Crippen LogP contribution is 2.62. The van der Waals surface area contributed by atoms with Crippen molar-refractivity contribution in [2.75, 3.05) is 12.3 Å². The molecule has 2 rings (SSSR count). The van der Waals surface area contributed by atoms with Crippen LogP contribution >= 0.6 is 7.14 Å². The summed E-state index contributed by atoms with van der Waals surface area (Å²) >= 11 is 0. The maximum atomic E-state index is 12.0. The lowest BCUT2D eigenvalue weighted by atomic mass is 10.3. The van der Waals surface area contributed by atoms with Crippen LogP contribution in [0.25, 0.3) is 0 Å². The first kappa shape index (κ1) is 6.91. The predicted molar refractivity (Wildman–Crippen MR) is 43.9 cm³/mol. The topological polar surface area (TPSA) is 17.1 Å². The van der Waals surface area contributed by atoms with Crippen molar-refractivity contribution in [3.05, 3.63) is 6.42 Å². The number of hydrogen-bond acceptors (Lipinski definition) is 1. The molecule has 0 N–H and O–H groups in total. The molecule has 2 fully saturated rings. The zero-order valence-electron chi connectivity index (χ0n) is 6.25. The SMILES string of the molecule is O=P1(C2CC2)CC[CH]CC1. The van der Waals surface area contributed by atoms with Gasteiger partial charge in [0.1, 0.15) is 0 Å². The van der Waals surface area contributed by atoms with Crippen LogP contribution in [0.4, 0.5) is 0 Å². The molecule has 0 aromatic carbocycles. The third-order valence-corrected chi connectivity index (χ3v) is 6.51. The van der Waals surface area contributed by atoms with Gasteiger partial charge in [-0.3, -0.25) is 0 Å². The summed E-state index contributed by atoms with van der Waals surface area (Å²) in [5.74, 6) is 0. The van der Waals surface area contributed by atoms with E-state index >= 15 is 0 Å². The van der Waals surface area contributed by atoms with Gasteiger partial charge in [0.2, 0.25) is 0 Å². The maximum Gasteiger partial charge on any atom is 0.0907 e. The monoisotopic (exact) mass is 157 g/mol. The van der Waals surface area contributed by atoms with Crippen LogP contribution in [-0.2, 0) is 4.57 Å². The molecule has 2 aliphatic rings. The standard InChI is InChI=1S/C8H14OP/c9-10(8-4-5-8)6-2-1-3-7-10/h1,8H,2-7H2. The second-order valence-electron chi connectivity index (χ2n) is 3.50. The summed E-state index contributed by atoms with van der Waals surface area (Å²) in [7, 11) is -1.61. The van der Waals surface area contributed by atoms with E-state index in [4.69, 9.17) is 0 Å². The van der Waals surface area contributed by atoms with Crippen LogP contribution < -0.4 is 0 Å². The van der Waals surface area contributed by atoms with Gasteiger partial charge in [0.15, 0.2) is 0 Å². The van der Waals surface area contributed by atoms with E-state index in [2.05, 4.69) is 6.42 Å². The van der Waals surface area contributed by atoms with Crippen LogP contribution in [0.1, 0.15) is 25.7 Å². The first-order valence-corrected chi connectivity index (χ1v) is 6.35. The zero-order valence-corrected chi connectivity index (χ0v) is 7.15. The minimum atomic E-state index is -1.61. The van der Waals surface area contributed by atoms with Gasteiger partial charge >= 0.3 is 0 Å². The molecule has 0 atom stereocenters. The smallest absolute Gasteiger partial charge is 0.0907 e. The highest BCUT2D eigenvalue weighted by atomic mass is 31.2. The third-order valence-electron chi connectivity index (χ3n) is 2.64. The van der Waals surface area contributed by atoms with E-state index in [1.807, 2.05) is 0 Å². The van der Waals surface area contributed by atoms with E-state index in [1.54, 1.807) is 0 Å². The molecule has 1 aliphatic heterocycles. The summed E-state index contributed by atoms with van der Waals surface area (Å²) in [6, 6.07) is 0. The third kappa shape index (κ3) is 1.16. The van der Waals surface area contributed by atoms with Crippen LogP contribution in [0.2, 0.25) is 0 Å². The number of hydrogen-bond donors (Lipinski definition) is 0. The molecule has 0 aromatic heterocycles. The van der Waals surface area contributed by atoms with Crippen LogP contribution in [-0.4, -0.2) is 18.0 Å². The fourth-order valence-electron chi connectivity index (χ4n) is 1.79. The Kier molecular flexibility index (Phi) is 1.64. The molecule has 0 amide bonds. The van der Waals surface area contributed by atoms with E-state index in [-0.39, 0.29) is 0 Å². The van der Waals surface area contributed by atoms with E-state index in [0.29, 0.717) is 5.66 Å². The highest BCUT2D eigenvalue weighted by Gasteiger charge is 2.40. The second-order valence-corrected chi connectivity index (χ2v) is 7.03. The summed E-state index contributed by atoms with van der Waals surface area (Å²) < 4.78 is 12.0. The molecule has 1 saturated carbocycles. The van der Waals surface area contributed by atoms with Crippen molar-refractivity contribution < 1.29 is 4.57 Å². The van der Waals surface area contributed by atoms with E-state index in [0.717, 1.165) is 25.2 Å². The molecular formula is C8H14OP. The first-order valence-electron chi connectivity index (χ1n) is 4.21. The van der Waals surface area contributed by atoms with Gasteiger partial charge in [0.05, 0.1) is 7.14 Å². The van der Waals surface area contributed by atoms with Gasteiger partial charge in [0.25, 0.3) is 0 Å². The van der Waals surface area contributed by atoms with Crippen LogP contribution in [0.15, 0.2) is 0 Å². The van der Waals surface area contributed by atoms with Crippen molar-refractivity contribution in [3.63, 3.8) is 0 Å². The maximum absolute atomic E-state index is 12.0. The second kappa shape index (κ2) is 2.37. The summed E-state index contributed by atoms with van der Waals surface area (Å²) in [4.78, 5) is 0. The minimum absolute atomic E-state index is 0.668. The molecular weight excluding hydrogens is 143 g/mol. The molecule has 1 aliphatic carbocycles. The van der Waals surface area contributed by atoms with Gasteiger partial charge in [-0.2, -0.15) is 0 Å².